The minimum Gasteiger partial charge on any atom is -0.500 e. The maximum absolute atomic E-state index is 12.7. The van der Waals surface area contributed by atoms with Crippen molar-refractivity contribution in [3.63, 3.8) is 0 Å². The predicted molar refractivity (Wildman–Crippen MR) is 107 cm³/mol. The molecule has 1 saturated heterocycles. The van der Waals surface area contributed by atoms with Crippen LogP contribution in [0.1, 0.15) is 57.0 Å². The van der Waals surface area contributed by atoms with Crippen molar-refractivity contribution in [3.8, 4) is 0 Å². The van der Waals surface area contributed by atoms with E-state index in [1.165, 1.54) is 12.3 Å². The first-order valence-electron chi connectivity index (χ1n) is 9.94. The van der Waals surface area contributed by atoms with Gasteiger partial charge in [0.15, 0.2) is 5.78 Å². The third kappa shape index (κ3) is 4.87. The standard InChI is InChI=1S/C23H30O6/c1-21(2,3)29-20(25)10-11-26-13-16-12-19(24)17-8-6-7-9-18(17)23(16)27-14-22(4,5)15-28-23/h6-11,16H,12-15H2,1-5H3/b11-10+. The Kier molecular flexibility index (Phi) is 5.88. The normalized spacial score (nSPS) is 23.1. The van der Waals surface area contributed by atoms with Gasteiger partial charge in [-0.2, -0.15) is 0 Å². The Morgan fingerprint density at radius 2 is 1.86 bits per heavy atom. The highest BCUT2D eigenvalue weighted by molar-refractivity contribution is 5.99. The van der Waals surface area contributed by atoms with E-state index >= 15 is 0 Å². The first-order chi connectivity index (χ1) is 13.5. The van der Waals surface area contributed by atoms with Gasteiger partial charge in [-0.15, -0.1) is 0 Å². The summed E-state index contributed by atoms with van der Waals surface area (Å²) in [6.07, 6.45) is 2.79. The summed E-state index contributed by atoms with van der Waals surface area (Å²) in [6, 6.07) is 7.42. The predicted octanol–water partition coefficient (Wildman–Crippen LogP) is 3.99. The molecule has 0 radical (unpaired) electrons. The molecule has 0 aromatic heterocycles. The van der Waals surface area contributed by atoms with Gasteiger partial charge in [0.2, 0.25) is 5.79 Å². The Morgan fingerprint density at radius 3 is 2.52 bits per heavy atom. The summed E-state index contributed by atoms with van der Waals surface area (Å²) in [5.41, 5.74) is 0.704. The van der Waals surface area contributed by atoms with E-state index < -0.39 is 17.4 Å². The minimum absolute atomic E-state index is 0.0352. The van der Waals surface area contributed by atoms with Crippen LogP contribution in [0, 0.1) is 11.3 Å². The molecule has 6 nitrogen and oxygen atoms in total. The number of benzene rings is 1. The van der Waals surface area contributed by atoms with Gasteiger partial charge in [-0.3, -0.25) is 4.79 Å². The molecule has 6 heteroatoms. The molecule has 1 atom stereocenters. The molecule has 1 aromatic carbocycles. The van der Waals surface area contributed by atoms with E-state index in [4.69, 9.17) is 18.9 Å². The fourth-order valence-electron chi connectivity index (χ4n) is 3.58. The molecule has 0 N–H and O–H groups in total. The number of fused-ring (bicyclic) bond motifs is 2. The molecule has 29 heavy (non-hydrogen) atoms. The van der Waals surface area contributed by atoms with E-state index in [1.54, 1.807) is 20.8 Å². The van der Waals surface area contributed by atoms with Crippen molar-refractivity contribution in [1.29, 1.82) is 0 Å². The van der Waals surface area contributed by atoms with E-state index in [0.717, 1.165) is 5.56 Å². The smallest absolute Gasteiger partial charge is 0.334 e. The molecular formula is C23H30O6. The molecule has 0 saturated carbocycles. The molecule has 3 rings (SSSR count). The molecule has 1 spiro atoms. The van der Waals surface area contributed by atoms with Crippen LogP contribution in [0.15, 0.2) is 36.6 Å². The maximum atomic E-state index is 12.7. The van der Waals surface area contributed by atoms with Crippen molar-refractivity contribution >= 4 is 11.8 Å². The van der Waals surface area contributed by atoms with Gasteiger partial charge in [-0.05, 0) is 20.8 Å². The summed E-state index contributed by atoms with van der Waals surface area (Å²) in [7, 11) is 0. The van der Waals surface area contributed by atoms with Crippen LogP contribution in [0.2, 0.25) is 0 Å². The van der Waals surface area contributed by atoms with Crippen molar-refractivity contribution in [2.75, 3.05) is 19.8 Å². The van der Waals surface area contributed by atoms with Gasteiger partial charge in [0.1, 0.15) is 5.60 Å². The maximum Gasteiger partial charge on any atom is 0.334 e. The third-order valence-electron chi connectivity index (χ3n) is 4.93. The number of ketones is 1. The zero-order valence-corrected chi connectivity index (χ0v) is 17.8. The van der Waals surface area contributed by atoms with Crippen LogP contribution < -0.4 is 0 Å². The Balaban J connectivity index is 1.77. The van der Waals surface area contributed by atoms with Gasteiger partial charge >= 0.3 is 5.97 Å². The lowest BCUT2D eigenvalue weighted by atomic mass is 9.77. The second-order valence-electron chi connectivity index (χ2n) is 9.45. The number of rotatable bonds is 4. The van der Waals surface area contributed by atoms with E-state index in [9.17, 15) is 9.59 Å². The number of hydrogen-bond donors (Lipinski definition) is 0. The van der Waals surface area contributed by atoms with Crippen LogP contribution >= 0.6 is 0 Å². The van der Waals surface area contributed by atoms with Crippen molar-refractivity contribution in [1.82, 2.24) is 0 Å². The number of ether oxygens (including phenoxy) is 4. The highest BCUT2D eigenvalue weighted by Gasteiger charge is 2.53. The number of esters is 1. The highest BCUT2D eigenvalue weighted by Crippen LogP contribution is 2.47. The average molecular weight is 402 g/mol. The minimum atomic E-state index is -1.03. The molecular weight excluding hydrogens is 372 g/mol. The third-order valence-corrected chi connectivity index (χ3v) is 4.93. The molecule has 1 aliphatic carbocycles. The average Bonchev–Trinajstić information content (AvgIpc) is 2.63. The molecule has 1 unspecified atom stereocenters. The van der Waals surface area contributed by atoms with Gasteiger partial charge in [0.25, 0.3) is 0 Å². The summed E-state index contributed by atoms with van der Waals surface area (Å²) in [4.78, 5) is 24.5. The Hall–Kier alpha value is -2.18. The molecule has 1 heterocycles. The van der Waals surface area contributed by atoms with Crippen LogP contribution in [0.4, 0.5) is 0 Å². The number of carbonyl (C=O) groups is 2. The molecule has 1 fully saturated rings. The summed E-state index contributed by atoms with van der Waals surface area (Å²) >= 11 is 0. The zero-order chi connectivity index (χ0) is 21.3. The van der Waals surface area contributed by atoms with E-state index in [1.807, 2.05) is 24.3 Å². The van der Waals surface area contributed by atoms with E-state index in [2.05, 4.69) is 13.8 Å². The number of hydrogen-bond acceptors (Lipinski definition) is 6. The lowest BCUT2D eigenvalue weighted by Crippen LogP contribution is -2.54. The number of Topliss-reactive ketones (excluding diaryl/α,β-unsaturated/α-hetero) is 1. The monoisotopic (exact) mass is 402 g/mol. The fourth-order valence-corrected chi connectivity index (χ4v) is 3.58. The molecule has 158 valence electrons. The molecule has 2 aliphatic rings. The Labute approximate surface area is 172 Å². The van der Waals surface area contributed by atoms with Gasteiger partial charge in [-0.1, -0.05) is 38.1 Å². The van der Waals surface area contributed by atoms with Crippen LogP contribution in [0.3, 0.4) is 0 Å². The van der Waals surface area contributed by atoms with Gasteiger partial charge in [0.05, 0.1) is 38.1 Å². The largest absolute Gasteiger partial charge is 0.500 e. The molecule has 0 bridgehead atoms. The van der Waals surface area contributed by atoms with Crippen molar-refractivity contribution in [2.24, 2.45) is 11.3 Å². The second kappa shape index (κ2) is 7.92. The lowest BCUT2D eigenvalue weighted by molar-refractivity contribution is -0.336. The molecule has 1 aliphatic heterocycles. The van der Waals surface area contributed by atoms with Crippen LogP contribution in [-0.4, -0.2) is 37.2 Å². The molecule has 1 aromatic rings. The highest BCUT2D eigenvalue weighted by atomic mass is 16.7. The van der Waals surface area contributed by atoms with Crippen molar-refractivity contribution in [3.05, 3.63) is 47.7 Å². The van der Waals surface area contributed by atoms with Crippen LogP contribution in [0.5, 0.6) is 0 Å². The van der Waals surface area contributed by atoms with Crippen LogP contribution in [0.25, 0.3) is 0 Å². The summed E-state index contributed by atoms with van der Waals surface area (Å²) in [5, 5.41) is 0. The van der Waals surface area contributed by atoms with Crippen molar-refractivity contribution < 1.29 is 28.5 Å². The first kappa shape index (κ1) is 21.5. The SMILES string of the molecule is CC1(C)COC2(OC1)c1ccccc1C(=O)CC2CO/C=C/C(=O)OC(C)(C)C. The summed E-state index contributed by atoms with van der Waals surface area (Å²) < 4.78 is 23.4. The van der Waals surface area contributed by atoms with Gasteiger partial charge < -0.3 is 18.9 Å². The lowest BCUT2D eigenvalue weighted by Gasteiger charge is -2.49. The summed E-state index contributed by atoms with van der Waals surface area (Å²) in [6.45, 7) is 10.8. The zero-order valence-electron chi connectivity index (χ0n) is 17.8. The Morgan fingerprint density at radius 1 is 1.21 bits per heavy atom. The molecule has 0 amide bonds. The van der Waals surface area contributed by atoms with Crippen LogP contribution in [-0.2, 0) is 29.5 Å². The fraction of sp³-hybridized carbons (Fsp3) is 0.565. The second-order valence-corrected chi connectivity index (χ2v) is 9.45. The number of carbonyl (C=O) groups excluding carboxylic acids is 2. The topological polar surface area (TPSA) is 71.1 Å². The van der Waals surface area contributed by atoms with E-state index in [-0.39, 0.29) is 30.1 Å². The summed E-state index contributed by atoms with van der Waals surface area (Å²) in [5.74, 6) is -1.80. The van der Waals surface area contributed by atoms with E-state index in [0.29, 0.717) is 18.8 Å². The Bertz CT molecular complexity index is 792. The van der Waals surface area contributed by atoms with Gasteiger partial charge in [0, 0.05) is 23.0 Å². The van der Waals surface area contributed by atoms with Gasteiger partial charge in [-0.25, -0.2) is 4.79 Å². The quantitative estimate of drug-likeness (QED) is 0.431. The first-order valence-corrected chi connectivity index (χ1v) is 9.94. The van der Waals surface area contributed by atoms with Crippen molar-refractivity contribution in [2.45, 2.75) is 52.4 Å².